The first kappa shape index (κ1) is 24.8. The van der Waals surface area contributed by atoms with E-state index < -0.39 is 18.1 Å². The third kappa shape index (κ3) is 6.21. The molecular weight excluding hydrogens is 444 g/mol. The number of ether oxygens (including phenoxy) is 1. The Morgan fingerprint density at radius 3 is 2.11 bits per heavy atom. The number of nitrogens with one attached hydrogen (secondary N) is 2. The normalized spacial score (nSPS) is 17.1. The molecule has 0 aromatic heterocycles. The molecule has 0 spiro atoms. The van der Waals surface area contributed by atoms with E-state index in [-0.39, 0.29) is 43.2 Å². The maximum Gasteiger partial charge on any atom is 0.407 e. The molecule has 0 bridgehead atoms. The fourth-order valence-corrected chi connectivity index (χ4v) is 5.50. The van der Waals surface area contributed by atoms with Crippen molar-refractivity contribution in [2.24, 2.45) is 5.92 Å². The van der Waals surface area contributed by atoms with Gasteiger partial charge in [-0.3, -0.25) is 9.59 Å². The van der Waals surface area contributed by atoms with Gasteiger partial charge in [-0.25, -0.2) is 4.79 Å². The van der Waals surface area contributed by atoms with Crippen LogP contribution in [0.1, 0.15) is 68.9 Å². The van der Waals surface area contributed by atoms with E-state index in [0.29, 0.717) is 0 Å². The van der Waals surface area contributed by atoms with Gasteiger partial charge in [0.1, 0.15) is 6.61 Å². The van der Waals surface area contributed by atoms with Gasteiger partial charge in [0.05, 0.1) is 6.42 Å². The fraction of sp³-hybridized carbons (Fsp3) is 0.464. The van der Waals surface area contributed by atoms with E-state index in [1.165, 1.54) is 0 Å². The Bertz CT molecular complexity index is 1020. The molecule has 1 saturated carbocycles. The summed E-state index contributed by atoms with van der Waals surface area (Å²) in [5, 5.41) is 14.9. The van der Waals surface area contributed by atoms with Crippen molar-refractivity contribution in [3.63, 3.8) is 0 Å². The Morgan fingerprint density at radius 1 is 0.914 bits per heavy atom. The summed E-state index contributed by atoms with van der Waals surface area (Å²) in [6.07, 6.45) is 4.58. The van der Waals surface area contributed by atoms with Gasteiger partial charge in [0, 0.05) is 24.4 Å². The van der Waals surface area contributed by atoms with Crippen molar-refractivity contribution in [1.29, 1.82) is 0 Å². The smallest absolute Gasteiger partial charge is 0.407 e. The zero-order valence-corrected chi connectivity index (χ0v) is 20.2. The molecule has 1 unspecified atom stereocenters. The van der Waals surface area contributed by atoms with Crippen LogP contribution in [-0.4, -0.2) is 41.8 Å². The monoisotopic (exact) mass is 478 g/mol. The molecule has 35 heavy (non-hydrogen) atoms. The Labute approximate surface area is 206 Å². The van der Waals surface area contributed by atoms with Crippen LogP contribution in [0.4, 0.5) is 4.79 Å². The molecular formula is C28H34N2O5. The second kappa shape index (κ2) is 11.4. The summed E-state index contributed by atoms with van der Waals surface area (Å²) in [5.74, 6) is -1.01. The molecule has 2 aromatic carbocycles. The van der Waals surface area contributed by atoms with Crippen molar-refractivity contribution in [2.75, 3.05) is 6.61 Å². The minimum absolute atomic E-state index is 0.0287. The maximum atomic E-state index is 12.6. The Balaban J connectivity index is 1.28. The number of hydrogen-bond acceptors (Lipinski definition) is 4. The molecule has 2 aliphatic carbocycles. The molecule has 4 rings (SSSR count). The molecule has 3 N–H and O–H groups in total. The average Bonchev–Trinajstić information content (AvgIpc) is 3.16. The van der Waals surface area contributed by atoms with Crippen LogP contribution >= 0.6 is 0 Å². The molecule has 7 nitrogen and oxygen atoms in total. The standard InChI is InChI=1S/C28H34N2O5/c1-18(15-26(31)30-25(16-27(32)33)19-9-3-2-4-10-19)29-28(34)35-17-24-22-13-7-5-11-20(22)21-12-6-8-14-23(21)24/h5-8,11-14,18-19,24-25H,2-4,9-10,15-17H2,1H3,(H,29,34)(H,30,31)(H,32,33)/t18-,25?/m0/s1. The first-order chi connectivity index (χ1) is 16.9. The summed E-state index contributed by atoms with van der Waals surface area (Å²) in [6, 6.07) is 15.5. The number of fused-ring (bicyclic) bond motifs is 3. The lowest BCUT2D eigenvalue weighted by Crippen LogP contribution is -2.45. The van der Waals surface area contributed by atoms with Crippen molar-refractivity contribution in [3.05, 3.63) is 59.7 Å². The van der Waals surface area contributed by atoms with Gasteiger partial charge in [-0.15, -0.1) is 0 Å². The first-order valence-electron chi connectivity index (χ1n) is 12.5. The number of benzene rings is 2. The van der Waals surface area contributed by atoms with Crippen molar-refractivity contribution >= 4 is 18.0 Å². The number of amides is 2. The molecule has 0 aliphatic heterocycles. The predicted octanol–water partition coefficient (Wildman–Crippen LogP) is 4.84. The average molecular weight is 479 g/mol. The zero-order valence-electron chi connectivity index (χ0n) is 20.2. The van der Waals surface area contributed by atoms with Gasteiger partial charge in [0.25, 0.3) is 0 Å². The largest absolute Gasteiger partial charge is 0.481 e. The van der Waals surface area contributed by atoms with Crippen molar-refractivity contribution in [3.8, 4) is 11.1 Å². The Morgan fingerprint density at radius 2 is 1.51 bits per heavy atom. The summed E-state index contributed by atoms with van der Waals surface area (Å²) >= 11 is 0. The Kier molecular flexibility index (Phi) is 8.06. The highest BCUT2D eigenvalue weighted by Gasteiger charge is 2.30. The SMILES string of the molecule is C[C@@H](CC(=O)NC(CC(=O)O)C1CCCCC1)NC(=O)OCC1c2ccccc2-c2ccccc21. The second-order valence-electron chi connectivity index (χ2n) is 9.75. The van der Waals surface area contributed by atoms with Crippen molar-refractivity contribution in [1.82, 2.24) is 10.6 Å². The van der Waals surface area contributed by atoms with E-state index >= 15 is 0 Å². The van der Waals surface area contributed by atoms with Crippen molar-refractivity contribution < 1.29 is 24.2 Å². The molecule has 0 radical (unpaired) electrons. The molecule has 7 heteroatoms. The molecule has 2 aliphatic rings. The molecule has 2 amide bonds. The quantitative estimate of drug-likeness (QED) is 0.478. The summed E-state index contributed by atoms with van der Waals surface area (Å²) in [5.41, 5.74) is 4.61. The fourth-order valence-electron chi connectivity index (χ4n) is 5.50. The lowest BCUT2D eigenvalue weighted by Gasteiger charge is -2.30. The summed E-state index contributed by atoms with van der Waals surface area (Å²) < 4.78 is 5.56. The van der Waals surface area contributed by atoms with Crippen LogP contribution in [0.2, 0.25) is 0 Å². The van der Waals surface area contributed by atoms with E-state index in [1.54, 1.807) is 6.92 Å². The number of carbonyl (C=O) groups excluding carboxylic acids is 2. The van der Waals surface area contributed by atoms with Gasteiger partial charge >= 0.3 is 12.1 Å². The minimum Gasteiger partial charge on any atom is -0.481 e. The Hall–Kier alpha value is -3.35. The molecule has 186 valence electrons. The van der Waals surface area contributed by atoms with Gasteiger partial charge in [0.15, 0.2) is 0 Å². The van der Waals surface area contributed by atoms with E-state index in [2.05, 4.69) is 34.9 Å². The van der Waals surface area contributed by atoms with Crippen LogP contribution in [0, 0.1) is 5.92 Å². The van der Waals surface area contributed by atoms with Gasteiger partial charge < -0.3 is 20.5 Å². The molecule has 0 saturated heterocycles. The molecule has 0 heterocycles. The second-order valence-corrected chi connectivity index (χ2v) is 9.75. The summed E-state index contributed by atoms with van der Waals surface area (Å²) in [7, 11) is 0. The number of carboxylic acids is 1. The highest BCUT2D eigenvalue weighted by Crippen LogP contribution is 2.44. The number of hydrogen-bond donors (Lipinski definition) is 3. The molecule has 2 atom stereocenters. The predicted molar refractivity (Wildman–Crippen MR) is 133 cm³/mol. The number of rotatable bonds is 9. The van der Waals surface area contributed by atoms with Crippen molar-refractivity contribution in [2.45, 2.75) is 69.9 Å². The van der Waals surface area contributed by atoms with Gasteiger partial charge in [-0.05, 0) is 47.9 Å². The van der Waals surface area contributed by atoms with Crippen LogP contribution in [0.5, 0.6) is 0 Å². The van der Waals surface area contributed by atoms with Crippen LogP contribution in [0.3, 0.4) is 0 Å². The van der Waals surface area contributed by atoms with E-state index in [4.69, 9.17) is 4.74 Å². The topological polar surface area (TPSA) is 105 Å². The van der Waals surface area contributed by atoms with E-state index in [9.17, 15) is 19.5 Å². The van der Waals surface area contributed by atoms with E-state index in [1.807, 2.05) is 24.3 Å². The van der Waals surface area contributed by atoms with Crippen LogP contribution in [0.15, 0.2) is 48.5 Å². The van der Waals surface area contributed by atoms with Crippen LogP contribution in [0.25, 0.3) is 11.1 Å². The lowest BCUT2D eigenvalue weighted by atomic mass is 9.82. The molecule has 2 aromatic rings. The first-order valence-corrected chi connectivity index (χ1v) is 12.5. The number of aliphatic carboxylic acids is 1. The number of carbonyl (C=O) groups is 3. The minimum atomic E-state index is -0.911. The third-order valence-corrected chi connectivity index (χ3v) is 7.16. The summed E-state index contributed by atoms with van der Waals surface area (Å²) in [6.45, 7) is 1.95. The van der Waals surface area contributed by atoms with Gasteiger partial charge in [0.2, 0.25) is 5.91 Å². The zero-order chi connectivity index (χ0) is 24.8. The van der Waals surface area contributed by atoms with Gasteiger partial charge in [-0.1, -0.05) is 67.8 Å². The molecule has 1 fully saturated rings. The highest BCUT2D eigenvalue weighted by atomic mass is 16.5. The number of alkyl carbamates (subject to hydrolysis) is 1. The van der Waals surface area contributed by atoms with E-state index in [0.717, 1.165) is 54.4 Å². The summed E-state index contributed by atoms with van der Waals surface area (Å²) in [4.78, 5) is 36.4. The third-order valence-electron chi connectivity index (χ3n) is 7.16. The van der Waals surface area contributed by atoms with Gasteiger partial charge in [-0.2, -0.15) is 0 Å². The number of carboxylic acid groups (broad SMARTS) is 1. The lowest BCUT2D eigenvalue weighted by molar-refractivity contribution is -0.138. The van der Waals surface area contributed by atoms with Crippen LogP contribution < -0.4 is 10.6 Å². The van der Waals surface area contributed by atoms with Crippen LogP contribution in [-0.2, 0) is 14.3 Å². The highest BCUT2D eigenvalue weighted by molar-refractivity contribution is 5.80. The maximum absolute atomic E-state index is 12.6.